The van der Waals surface area contributed by atoms with Crippen molar-refractivity contribution >= 4 is 11.3 Å². The van der Waals surface area contributed by atoms with Crippen molar-refractivity contribution in [3.8, 4) is 0 Å². The van der Waals surface area contributed by atoms with Crippen LogP contribution in [0.2, 0.25) is 0 Å². The minimum Gasteiger partial charge on any atom is -0.315 e. The minimum absolute atomic E-state index is 0.955. The lowest BCUT2D eigenvalue weighted by molar-refractivity contribution is 0.315. The van der Waals surface area contributed by atoms with Crippen LogP contribution in [0.4, 0.5) is 0 Å². The molecule has 1 aliphatic heterocycles. The van der Waals surface area contributed by atoms with Gasteiger partial charge in [0.15, 0.2) is 0 Å². The zero-order valence-electron chi connectivity index (χ0n) is 11.0. The van der Waals surface area contributed by atoms with Gasteiger partial charge in [0.25, 0.3) is 0 Å². The molecule has 0 spiro atoms. The quantitative estimate of drug-likeness (QED) is 0.837. The number of nitrogens with one attached hydrogen (secondary N) is 1. The predicted octanol–water partition coefficient (Wildman–Crippen LogP) is 3.09. The van der Waals surface area contributed by atoms with Crippen molar-refractivity contribution in [1.82, 2.24) is 10.2 Å². The third-order valence-electron chi connectivity index (χ3n) is 3.51. The third kappa shape index (κ3) is 3.80. The Morgan fingerprint density at radius 1 is 1.41 bits per heavy atom. The Balaban J connectivity index is 1.80. The lowest BCUT2D eigenvalue weighted by Crippen LogP contribution is -2.19. The van der Waals surface area contributed by atoms with Crippen molar-refractivity contribution < 1.29 is 0 Å². The van der Waals surface area contributed by atoms with Gasteiger partial charge < -0.3 is 5.32 Å². The molecule has 0 saturated carbocycles. The Hall–Kier alpha value is -0.380. The Kier molecular flexibility index (Phi) is 5.01. The third-order valence-corrected chi connectivity index (χ3v) is 4.58. The molecule has 1 aromatic heterocycles. The van der Waals surface area contributed by atoms with Crippen LogP contribution in [-0.4, -0.2) is 25.0 Å². The first kappa shape index (κ1) is 13.1. The first-order valence-corrected chi connectivity index (χ1v) is 7.58. The molecule has 1 saturated heterocycles. The number of hydrogen-bond acceptors (Lipinski definition) is 3. The molecule has 96 valence electrons. The van der Waals surface area contributed by atoms with E-state index < -0.39 is 0 Å². The van der Waals surface area contributed by atoms with Crippen molar-refractivity contribution in [1.29, 1.82) is 0 Å². The van der Waals surface area contributed by atoms with Crippen molar-refractivity contribution in [3.63, 3.8) is 0 Å². The predicted molar refractivity (Wildman–Crippen MR) is 75.4 cm³/mol. The Labute approximate surface area is 109 Å². The fraction of sp³-hybridized carbons (Fsp3) is 0.714. The molecule has 1 unspecified atom stereocenters. The van der Waals surface area contributed by atoms with Crippen molar-refractivity contribution in [2.75, 3.05) is 20.1 Å². The van der Waals surface area contributed by atoms with Crippen LogP contribution in [0.1, 0.15) is 35.9 Å². The highest BCUT2D eigenvalue weighted by Crippen LogP contribution is 2.25. The van der Waals surface area contributed by atoms with E-state index in [9.17, 15) is 0 Å². The molecule has 0 bridgehead atoms. The highest BCUT2D eigenvalue weighted by molar-refractivity contribution is 7.11. The van der Waals surface area contributed by atoms with E-state index in [0.29, 0.717) is 0 Å². The van der Waals surface area contributed by atoms with Gasteiger partial charge in [-0.15, -0.1) is 11.3 Å². The molecular formula is C14H24N2S. The van der Waals surface area contributed by atoms with Crippen LogP contribution in [0.15, 0.2) is 12.1 Å². The van der Waals surface area contributed by atoms with E-state index in [0.717, 1.165) is 19.0 Å². The van der Waals surface area contributed by atoms with E-state index in [4.69, 9.17) is 0 Å². The van der Waals surface area contributed by atoms with Gasteiger partial charge in [-0.3, -0.25) is 4.90 Å². The van der Waals surface area contributed by atoms with Crippen molar-refractivity contribution in [2.24, 2.45) is 5.92 Å². The molecule has 1 N–H and O–H groups in total. The van der Waals surface area contributed by atoms with E-state index >= 15 is 0 Å². The molecule has 1 fully saturated rings. The molecule has 0 aliphatic carbocycles. The van der Waals surface area contributed by atoms with Gasteiger partial charge in [0.1, 0.15) is 0 Å². The van der Waals surface area contributed by atoms with Crippen LogP contribution in [0.5, 0.6) is 0 Å². The van der Waals surface area contributed by atoms with Crippen LogP contribution in [-0.2, 0) is 13.1 Å². The number of rotatable bonds is 6. The summed E-state index contributed by atoms with van der Waals surface area (Å²) in [5.74, 6) is 0.955. The molecule has 0 radical (unpaired) electrons. The van der Waals surface area contributed by atoms with E-state index in [2.05, 4.69) is 29.3 Å². The molecule has 1 aromatic rings. The van der Waals surface area contributed by atoms with Gasteiger partial charge in [-0.05, 0) is 44.5 Å². The summed E-state index contributed by atoms with van der Waals surface area (Å²) >= 11 is 1.95. The molecule has 2 heterocycles. The number of thiophene rings is 1. The van der Waals surface area contributed by atoms with E-state index in [1.807, 2.05) is 18.4 Å². The van der Waals surface area contributed by atoms with Crippen LogP contribution in [0, 0.1) is 5.92 Å². The zero-order chi connectivity index (χ0) is 12.1. The van der Waals surface area contributed by atoms with Gasteiger partial charge >= 0.3 is 0 Å². The SMILES string of the molecule is CCCC1CCN(Cc2ccc(CNC)s2)C1. The van der Waals surface area contributed by atoms with E-state index in [1.54, 1.807) is 0 Å². The first-order valence-electron chi connectivity index (χ1n) is 6.76. The lowest BCUT2D eigenvalue weighted by atomic mass is 10.0. The standard InChI is InChI=1S/C14H24N2S/c1-3-4-12-7-8-16(10-12)11-14-6-5-13(17-14)9-15-2/h5-6,12,15H,3-4,7-11H2,1-2H3. The normalized spacial score (nSPS) is 21.2. The van der Waals surface area contributed by atoms with Crippen molar-refractivity contribution in [3.05, 3.63) is 21.9 Å². The summed E-state index contributed by atoms with van der Waals surface area (Å²) < 4.78 is 0. The summed E-state index contributed by atoms with van der Waals surface area (Å²) in [5, 5.41) is 3.21. The zero-order valence-corrected chi connectivity index (χ0v) is 11.9. The monoisotopic (exact) mass is 252 g/mol. The average molecular weight is 252 g/mol. The summed E-state index contributed by atoms with van der Waals surface area (Å²) in [4.78, 5) is 5.59. The second kappa shape index (κ2) is 6.53. The van der Waals surface area contributed by atoms with Gasteiger partial charge in [-0.1, -0.05) is 13.3 Å². The van der Waals surface area contributed by atoms with Gasteiger partial charge in [0.05, 0.1) is 0 Å². The summed E-state index contributed by atoms with van der Waals surface area (Å²) in [6, 6.07) is 4.56. The van der Waals surface area contributed by atoms with Crippen LogP contribution >= 0.6 is 11.3 Å². The molecule has 17 heavy (non-hydrogen) atoms. The summed E-state index contributed by atoms with van der Waals surface area (Å²) in [7, 11) is 2.01. The first-order chi connectivity index (χ1) is 8.31. The summed E-state index contributed by atoms with van der Waals surface area (Å²) in [6.07, 6.45) is 4.15. The Morgan fingerprint density at radius 3 is 3.00 bits per heavy atom. The molecule has 1 atom stereocenters. The summed E-state index contributed by atoms with van der Waals surface area (Å²) in [5.41, 5.74) is 0. The number of hydrogen-bond donors (Lipinski definition) is 1. The maximum Gasteiger partial charge on any atom is 0.0328 e. The molecule has 0 aromatic carbocycles. The smallest absolute Gasteiger partial charge is 0.0328 e. The summed E-state index contributed by atoms with van der Waals surface area (Å²) in [6.45, 7) is 7.07. The van der Waals surface area contributed by atoms with Gasteiger partial charge in [0.2, 0.25) is 0 Å². The minimum atomic E-state index is 0.955. The molecular weight excluding hydrogens is 228 g/mol. The molecule has 0 amide bonds. The van der Waals surface area contributed by atoms with Crippen LogP contribution in [0.25, 0.3) is 0 Å². The van der Waals surface area contributed by atoms with Gasteiger partial charge in [0, 0.05) is 29.4 Å². The lowest BCUT2D eigenvalue weighted by Gasteiger charge is -2.14. The van der Waals surface area contributed by atoms with Gasteiger partial charge in [-0.2, -0.15) is 0 Å². The van der Waals surface area contributed by atoms with E-state index in [-0.39, 0.29) is 0 Å². The largest absolute Gasteiger partial charge is 0.315 e. The second-order valence-electron chi connectivity index (χ2n) is 5.08. The molecule has 3 heteroatoms. The fourth-order valence-electron chi connectivity index (χ4n) is 2.70. The van der Waals surface area contributed by atoms with E-state index in [1.165, 1.54) is 42.1 Å². The van der Waals surface area contributed by atoms with Crippen molar-refractivity contribution in [2.45, 2.75) is 39.3 Å². The molecule has 1 aliphatic rings. The highest BCUT2D eigenvalue weighted by atomic mass is 32.1. The van der Waals surface area contributed by atoms with Gasteiger partial charge in [-0.25, -0.2) is 0 Å². The fourth-order valence-corrected chi connectivity index (χ4v) is 3.77. The average Bonchev–Trinajstić information content (AvgIpc) is 2.91. The maximum absolute atomic E-state index is 3.21. The van der Waals surface area contributed by atoms with Crippen LogP contribution < -0.4 is 5.32 Å². The Morgan fingerprint density at radius 2 is 2.24 bits per heavy atom. The molecule has 2 nitrogen and oxygen atoms in total. The highest BCUT2D eigenvalue weighted by Gasteiger charge is 2.21. The van der Waals surface area contributed by atoms with Crippen LogP contribution in [0.3, 0.4) is 0 Å². The maximum atomic E-state index is 3.21. The molecule has 2 rings (SSSR count). The number of likely N-dealkylation sites (tertiary alicyclic amines) is 1. The Bertz CT molecular complexity index is 335. The topological polar surface area (TPSA) is 15.3 Å². The second-order valence-corrected chi connectivity index (χ2v) is 6.33. The number of nitrogens with zero attached hydrogens (tertiary/aromatic N) is 1.